The highest BCUT2D eigenvalue weighted by Gasteiger charge is 1.97. The van der Waals surface area contributed by atoms with Gasteiger partial charge in [-0.1, -0.05) is 6.92 Å². The highest BCUT2D eigenvalue weighted by atomic mass is 16.5. The summed E-state index contributed by atoms with van der Waals surface area (Å²) < 4.78 is 4.79. The molecule has 0 heterocycles. The Kier molecular flexibility index (Phi) is 7.79. The number of rotatable bonds is 6. The van der Waals surface area contributed by atoms with Crippen molar-refractivity contribution in [2.75, 3.05) is 19.7 Å². The van der Waals surface area contributed by atoms with Gasteiger partial charge in [0.1, 0.15) is 0 Å². The first kappa shape index (κ1) is 11.2. The number of nitrogens with one attached hydrogen (secondary N) is 1. The van der Waals surface area contributed by atoms with Crippen LogP contribution in [0.5, 0.6) is 0 Å². The molecule has 1 amide bonds. The molecule has 0 spiro atoms. The van der Waals surface area contributed by atoms with Crippen LogP contribution in [0, 0.1) is 0 Å². The smallest absolute Gasteiger partial charge is 0.407 e. The second-order valence-corrected chi connectivity index (χ2v) is 2.56. The number of ether oxygens (including phenoxy) is 1. The minimum Gasteiger partial charge on any atom is -0.450 e. The van der Waals surface area contributed by atoms with Crippen molar-refractivity contribution in [1.82, 2.24) is 5.32 Å². The molecule has 4 nitrogen and oxygen atoms in total. The fraction of sp³-hybridized carbons (Fsp3) is 0.875. The molecule has 0 atom stereocenters. The van der Waals surface area contributed by atoms with Crippen LogP contribution in [0.1, 0.15) is 26.2 Å². The van der Waals surface area contributed by atoms with E-state index in [-0.39, 0.29) is 6.09 Å². The molecule has 12 heavy (non-hydrogen) atoms. The Labute approximate surface area is 73.5 Å². The van der Waals surface area contributed by atoms with Gasteiger partial charge in [0.25, 0.3) is 0 Å². The van der Waals surface area contributed by atoms with E-state index in [1.807, 2.05) is 6.92 Å². The van der Waals surface area contributed by atoms with Crippen LogP contribution in [-0.2, 0) is 4.74 Å². The Morgan fingerprint density at radius 1 is 1.50 bits per heavy atom. The molecule has 72 valence electrons. The Morgan fingerprint density at radius 3 is 2.83 bits per heavy atom. The molecular weight excluding hydrogens is 156 g/mol. The molecule has 0 aliphatic rings. The van der Waals surface area contributed by atoms with Crippen LogP contribution >= 0.6 is 0 Å². The first-order valence-electron chi connectivity index (χ1n) is 4.42. The van der Waals surface area contributed by atoms with Gasteiger partial charge in [-0.05, 0) is 25.8 Å². The molecule has 4 heteroatoms. The quantitative estimate of drug-likeness (QED) is 0.587. The number of carbonyl (C=O) groups is 1. The van der Waals surface area contributed by atoms with Crippen molar-refractivity contribution in [3.8, 4) is 0 Å². The van der Waals surface area contributed by atoms with E-state index in [0.717, 1.165) is 19.3 Å². The molecule has 0 aromatic heterocycles. The van der Waals surface area contributed by atoms with E-state index in [1.54, 1.807) is 0 Å². The summed E-state index contributed by atoms with van der Waals surface area (Å²) in [6.07, 6.45) is 2.39. The third-order valence-corrected chi connectivity index (χ3v) is 1.34. The Bertz CT molecular complexity index is 118. The van der Waals surface area contributed by atoms with E-state index in [1.165, 1.54) is 0 Å². The maximum Gasteiger partial charge on any atom is 0.407 e. The van der Waals surface area contributed by atoms with E-state index in [4.69, 9.17) is 10.5 Å². The van der Waals surface area contributed by atoms with Crippen LogP contribution in [0.4, 0.5) is 4.79 Å². The fourth-order valence-corrected chi connectivity index (χ4v) is 0.706. The molecule has 0 aromatic carbocycles. The van der Waals surface area contributed by atoms with Gasteiger partial charge < -0.3 is 15.8 Å². The lowest BCUT2D eigenvalue weighted by molar-refractivity contribution is 0.146. The van der Waals surface area contributed by atoms with E-state index < -0.39 is 0 Å². The number of amides is 1. The first-order valence-corrected chi connectivity index (χ1v) is 4.42. The van der Waals surface area contributed by atoms with Gasteiger partial charge in [0.2, 0.25) is 0 Å². The molecule has 0 aliphatic heterocycles. The van der Waals surface area contributed by atoms with Crippen LogP contribution in [0.3, 0.4) is 0 Å². The molecule has 0 saturated carbocycles. The second-order valence-electron chi connectivity index (χ2n) is 2.56. The normalized spacial score (nSPS) is 9.50. The number of unbranched alkanes of at least 4 members (excludes halogenated alkanes) is 1. The Hall–Kier alpha value is -0.770. The summed E-state index contributed by atoms with van der Waals surface area (Å²) in [6, 6.07) is 0. The molecule has 0 unspecified atom stereocenters. The average molecular weight is 174 g/mol. The molecule has 3 N–H and O–H groups in total. The van der Waals surface area contributed by atoms with Crippen LogP contribution < -0.4 is 11.1 Å². The van der Waals surface area contributed by atoms with Gasteiger partial charge in [0.05, 0.1) is 6.61 Å². The zero-order valence-corrected chi connectivity index (χ0v) is 7.64. The number of hydrogen-bond donors (Lipinski definition) is 2. The van der Waals surface area contributed by atoms with Crippen molar-refractivity contribution in [3.05, 3.63) is 0 Å². The SMILES string of the molecule is CCCOC(=O)NCCCCN. The van der Waals surface area contributed by atoms with Gasteiger partial charge in [-0.25, -0.2) is 4.79 Å². The van der Waals surface area contributed by atoms with Crippen molar-refractivity contribution >= 4 is 6.09 Å². The maximum absolute atomic E-state index is 10.8. The van der Waals surface area contributed by atoms with Crippen molar-refractivity contribution in [2.45, 2.75) is 26.2 Å². The van der Waals surface area contributed by atoms with Crippen LogP contribution in [0.25, 0.3) is 0 Å². The first-order chi connectivity index (χ1) is 5.81. The zero-order chi connectivity index (χ0) is 9.23. The number of alkyl carbamates (subject to hydrolysis) is 1. The van der Waals surface area contributed by atoms with Gasteiger partial charge in [-0.15, -0.1) is 0 Å². The molecule has 0 aromatic rings. The molecule has 0 aliphatic carbocycles. The predicted molar refractivity (Wildman–Crippen MR) is 47.9 cm³/mol. The van der Waals surface area contributed by atoms with Crippen molar-refractivity contribution < 1.29 is 9.53 Å². The Balaban J connectivity index is 3.08. The van der Waals surface area contributed by atoms with Gasteiger partial charge in [0, 0.05) is 6.54 Å². The topological polar surface area (TPSA) is 64.3 Å². The van der Waals surface area contributed by atoms with Crippen molar-refractivity contribution in [2.24, 2.45) is 5.73 Å². The van der Waals surface area contributed by atoms with Gasteiger partial charge >= 0.3 is 6.09 Å². The lowest BCUT2D eigenvalue weighted by Crippen LogP contribution is -2.25. The van der Waals surface area contributed by atoms with Crippen molar-refractivity contribution in [1.29, 1.82) is 0 Å². The molecule has 0 radical (unpaired) electrons. The third-order valence-electron chi connectivity index (χ3n) is 1.34. The van der Waals surface area contributed by atoms with Gasteiger partial charge in [-0.2, -0.15) is 0 Å². The van der Waals surface area contributed by atoms with Gasteiger partial charge in [0.15, 0.2) is 0 Å². The molecule has 0 rings (SSSR count). The van der Waals surface area contributed by atoms with E-state index in [9.17, 15) is 4.79 Å². The monoisotopic (exact) mass is 174 g/mol. The summed E-state index contributed by atoms with van der Waals surface area (Å²) in [5, 5.41) is 2.64. The maximum atomic E-state index is 10.8. The summed E-state index contributed by atoms with van der Waals surface area (Å²) in [5.41, 5.74) is 5.28. The van der Waals surface area contributed by atoms with Crippen LogP contribution in [-0.4, -0.2) is 25.8 Å². The third kappa shape index (κ3) is 7.34. The van der Waals surface area contributed by atoms with Crippen molar-refractivity contribution in [3.63, 3.8) is 0 Å². The predicted octanol–water partition coefficient (Wildman–Crippen LogP) is 0.861. The summed E-state index contributed by atoms with van der Waals surface area (Å²) >= 11 is 0. The fourth-order valence-electron chi connectivity index (χ4n) is 0.706. The lowest BCUT2D eigenvalue weighted by atomic mass is 10.3. The summed E-state index contributed by atoms with van der Waals surface area (Å²) in [5.74, 6) is 0. The van der Waals surface area contributed by atoms with E-state index >= 15 is 0 Å². The molecule has 0 saturated heterocycles. The van der Waals surface area contributed by atoms with Crippen LogP contribution in [0.2, 0.25) is 0 Å². The summed E-state index contributed by atoms with van der Waals surface area (Å²) in [7, 11) is 0. The highest BCUT2D eigenvalue weighted by Crippen LogP contribution is 1.85. The minimum absolute atomic E-state index is 0.325. The zero-order valence-electron chi connectivity index (χ0n) is 7.64. The number of nitrogens with two attached hydrogens (primary N) is 1. The standard InChI is InChI=1S/C8H18N2O2/c1-2-7-12-8(11)10-6-4-3-5-9/h2-7,9H2,1H3,(H,10,11). The highest BCUT2D eigenvalue weighted by molar-refractivity contribution is 5.66. The number of hydrogen-bond acceptors (Lipinski definition) is 3. The van der Waals surface area contributed by atoms with E-state index in [0.29, 0.717) is 19.7 Å². The number of carbonyl (C=O) groups excluding carboxylic acids is 1. The molecule has 0 bridgehead atoms. The summed E-state index contributed by atoms with van der Waals surface area (Å²) in [6.45, 7) is 3.77. The summed E-state index contributed by atoms with van der Waals surface area (Å²) in [4.78, 5) is 10.8. The largest absolute Gasteiger partial charge is 0.450 e. The molecule has 0 fully saturated rings. The second kappa shape index (κ2) is 8.33. The minimum atomic E-state index is -0.325. The van der Waals surface area contributed by atoms with Gasteiger partial charge in [-0.3, -0.25) is 0 Å². The lowest BCUT2D eigenvalue weighted by Gasteiger charge is -2.04. The van der Waals surface area contributed by atoms with E-state index in [2.05, 4.69) is 5.32 Å². The van der Waals surface area contributed by atoms with Crippen LogP contribution in [0.15, 0.2) is 0 Å². The molecular formula is C8H18N2O2. The Morgan fingerprint density at radius 2 is 2.25 bits per heavy atom. The average Bonchev–Trinajstić information content (AvgIpc) is 2.09.